The van der Waals surface area contributed by atoms with E-state index < -0.39 is 0 Å². The van der Waals surface area contributed by atoms with E-state index in [1.807, 2.05) is 13.2 Å². The van der Waals surface area contributed by atoms with Gasteiger partial charge in [-0.1, -0.05) is 20.8 Å². The zero-order chi connectivity index (χ0) is 11.5. The number of hydrogen-bond acceptors (Lipinski definition) is 3. The highest BCUT2D eigenvalue weighted by Gasteiger charge is 2.13. The summed E-state index contributed by atoms with van der Waals surface area (Å²) in [5.41, 5.74) is 1.29. The minimum absolute atomic E-state index is 0.217. The molecule has 1 aromatic heterocycles. The molecule has 0 aliphatic rings. The molecule has 15 heavy (non-hydrogen) atoms. The molecular formula is C12H20N2S. The molecule has 3 heteroatoms. The number of pyridine rings is 1. The van der Waals surface area contributed by atoms with Crippen LogP contribution in [0.3, 0.4) is 0 Å². The van der Waals surface area contributed by atoms with Crippen LogP contribution in [0, 0.1) is 0 Å². The summed E-state index contributed by atoms with van der Waals surface area (Å²) in [6.45, 7) is 8.76. The molecule has 1 unspecified atom stereocenters. The van der Waals surface area contributed by atoms with Crippen molar-refractivity contribution in [1.29, 1.82) is 0 Å². The molecule has 0 aliphatic carbocycles. The highest BCUT2D eigenvalue weighted by atomic mass is 32.2. The third-order valence-electron chi connectivity index (χ3n) is 2.10. The number of nitrogens with zero attached hydrogens (tertiary/aromatic N) is 1. The predicted octanol–water partition coefficient (Wildman–Crippen LogP) is 3.25. The number of thioether (sulfide) groups is 1. The van der Waals surface area contributed by atoms with E-state index in [-0.39, 0.29) is 4.75 Å². The second kappa shape index (κ2) is 4.99. The first-order chi connectivity index (χ1) is 6.92. The Balaban J connectivity index is 2.83. The highest BCUT2D eigenvalue weighted by Crippen LogP contribution is 2.31. The largest absolute Gasteiger partial charge is 0.313 e. The van der Waals surface area contributed by atoms with Crippen LogP contribution in [0.4, 0.5) is 0 Å². The Morgan fingerprint density at radius 1 is 1.40 bits per heavy atom. The SMILES string of the molecule is CNC(C)c1ccnc(SC(C)(C)C)c1. The molecule has 1 aromatic rings. The van der Waals surface area contributed by atoms with Gasteiger partial charge in [-0.25, -0.2) is 4.98 Å². The van der Waals surface area contributed by atoms with Crippen molar-refractivity contribution in [3.63, 3.8) is 0 Å². The first-order valence-electron chi connectivity index (χ1n) is 5.24. The van der Waals surface area contributed by atoms with Gasteiger partial charge >= 0.3 is 0 Å². The average molecular weight is 224 g/mol. The molecule has 2 nitrogen and oxygen atoms in total. The summed E-state index contributed by atoms with van der Waals surface area (Å²) in [6, 6.07) is 4.61. The molecule has 84 valence electrons. The average Bonchev–Trinajstić information content (AvgIpc) is 2.14. The van der Waals surface area contributed by atoms with Crippen LogP contribution >= 0.6 is 11.8 Å². The van der Waals surface area contributed by atoms with Crippen molar-refractivity contribution in [2.24, 2.45) is 0 Å². The standard InChI is InChI=1S/C12H20N2S/c1-9(13-5)10-6-7-14-11(8-10)15-12(2,3)4/h6-9,13H,1-5H3. The number of aromatic nitrogens is 1. The number of hydrogen-bond donors (Lipinski definition) is 1. The Labute approximate surface area is 96.9 Å². The van der Waals surface area contributed by atoms with E-state index in [2.05, 4.69) is 50.1 Å². The van der Waals surface area contributed by atoms with Crippen molar-refractivity contribution in [2.45, 2.75) is 43.5 Å². The van der Waals surface area contributed by atoms with Crippen molar-refractivity contribution < 1.29 is 0 Å². The van der Waals surface area contributed by atoms with Crippen LogP contribution < -0.4 is 5.32 Å². The minimum Gasteiger partial charge on any atom is -0.313 e. The first-order valence-corrected chi connectivity index (χ1v) is 6.06. The summed E-state index contributed by atoms with van der Waals surface area (Å²) in [5.74, 6) is 0. The molecule has 1 N–H and O–H groups in total. The van der Waals surface area contributed by atoms with E-state index in [4.69, 9.17) is 0 Å². The van der Waals surface area contributed by atoms with Gasteiger partial charge < -0.3 is 5.32 Å². The van der Waals surface area contributed by atoms with Crippen molar-refractivity contribution in [2.75, 3.05) is 7.05 Å². The summed E-state index contributed by atoms with van der Waals surface area (Å²) in [7, 11) is 1.97. The Bertz CT molecular complexity index is 318. The Morgan fingerprint density at radius 2 is 2.07 bits per heavy atom. The molecule has 0 saturated carbocycles. The Kier molecular flexibility index (Phi) is 4.17. The molecular weight excluding hydrogens is 204 g/mol. The van der Waals surface area contributed by atoms with Crippen LogP contribution in [0.2, 0.25) is 0 Å². The maximum atomic E-state index is 4.38. The lowest BCUT2D eigenvalue weighted by Crippen LogP contribution is -2.13. The summed E-state index contributed by atoms with van der Waals surface area (Å²) in [5, 5.41) is 4.33. The fourth-order valence-corrected chi connectivity index (χ4v) is 2.17. The lowest BCUT2D eigenvalue weighted by Gasteiger charge is -2.18. The number of nitrogens with one attached hydrogen (secondary N) is 1. The van der Waals surface area contributed by atoms with Crippen molar-refractivity contribution in [3.8, 4) is 0 Å². The lowest BCUT2D eigenvalue weighted by atomic mass is 10.1. The van der Waals surface area contributed by atoms with Crippen LogP contribution in [-0.4, -0.2) is 16.8 Å². The van der Waals surface area contributed by atoms with Gasteiger partial charge in [0.2, 0.25) is 0 Å². The molecule has 0 saturated heterocycles. The second-order valence-electron chi connectivity index (χ2n) is 4.65. The summed E-state index contributed by atoms with van der Waals surface area (Å²) in [6.07, 6.45) is 1.89. The molecule has 1 rings (SSSR count). The number of rotatable bonds is 3. The molecule has 0 aliphatic heterocycles. The molecule has 0 radical (unpaired) electrons. The second-order valence-corrected chi connectivity index (χ2v) is 6.50. The van der Waals surface area contributed by atoms with Gasteiger partial charge in [-0.05, 0) is 31.7 Å². The van der Waals surface area contributed by atoms with Gasteiger partial charge in [0.25, 0.3) is 0 Å². The predicted molar refractivity (Wildman–Crippen MR) is 67.3 cm³/mol. The van der Waals surface area contributed by atoms with E-state index in [0.717, 1.165) is 5.03 Å². The van der Waals surface area contributed by atoms with Crippen molar-refractivity contribution >= 4 is 11.8 Å². The van der Waals surface area contributed by atoms with Crippen LogP contribution in [0.1, 0.15) is 39.3 Å². The van der Waals surface area contributed by atoms with E-state index >= 15 is 0 Å². The van der Waals surface area contributed by atoms with E-state index in [9.17, 15) is 0 Å². The topological polar surface area (TPSA) is 24.9 Å². The fraction of sp³-hybridized carbons (Fsp3) is 0.583. The Hall–Kier alpha value is -0.540. The first kappa shape index (κ1) is 12.5. The monoisotopic (exact) mass is 224 g/mol. The van der Waals surface area contributed by atoms with Gasteiger partial charge in [-0.3, -0.25) is 0 Å². The summed E-state index contributed by atoms with van der Waals surface area (Å²) in [4.78, 5) is 4.38. The molecule has 0 spiro atoms. The molecule has 0 amide bonds. The van der Waals surface area contributed by atoms with Gasteiger partial charge in [-0.15, -0.1) is 11.8 Å². The maximum absolute atomic E-state index is 4.38. The fourth-order valence-electron chi connectivity index (χ4n) is 1.23. The zero-order valence-electron chi connectivity index (χ0n) is 10.2. The quantitative estimate of drug-likeness (QED) is 0.798. The van der Waals surface area contributed by atoms with Gasteiger partial charge in [-0.2, -0.15) is 0 Å². The van der Waals surface area contributed by atoms with Gasteiger partial charge in [0, 0.05) is 17.0 Å². The smallest absolute Gasteiger partial charge is 0.0968 e. The lowest BCUT2D eigenvalue weighted by molar-refractivity contribution is 0.648. The molecule has 0 fully saturated rings. The third-order valence-corrected chi connectivity index (χ3v) is 3.15. The molecule has 0 aromatic carbocycles. The minimum atomic E-state index is 0.217. The van der Waals surface area contributed by atoms with Gasteiger partial charge in [0.15, 0.2) is 0 Å². The van der Waals surface area contributed by atoms with Crippen LogP contribution in [-0.2, 0) is 0 Å². The van der Waals surface area contributed by atoms with E-state index in [1.54, 1.807) is 11.8 Å². The normalized spacial score (nSPS) is 13.9. The van der Waals surface area contributed by atoms with Gasteiger partial charge in [0.1, 0.15) is 0 Å². The Morgan fingerprint density at radius 3 is 2.60 bits per heavy atom. The maximum Gasteiger partial charge on any atom is 0.0968 e. The molecule has 1 atom stereocenters. The van der Waals surface area contributed by atoms with Crippen LogP contribution in [0.25, 0.3) is 0 Å². The van der Waals surface area contributed by atoms with Crippen molar-refractivity contribution in [3.05, 3.63) is 23.9 Å². The third kappa shape index (κ3) is 4.22. The summed E-state index contributed by atoms with van der Waals surface area (Å²) >= 11 is 1.80. The van der Waals surface area contributed by atoms with Crippen LogP contribution in [0.5, 0.6) is 0 Å². The molecule has 0 bridgehead atoms. The van der Waals surface area contributed by atoms with Crippen LogP contribution in [0.15, 0.2) is 23.4 Å². The zero-order valence-corrected chi connectivity index (χ0v) is 11.0. The van der Waals surface area contributed by atoms with Gasteiger partial charge in [0.05, 0.1) is 5.03 Å². The van der Waals surface area contributed by atoms with Crippen molar-refractivity contribution in [1.82, 2.24) is 10.3 Å². The van der Waals surface area contributed by atoms with E-state index in [0.29, 0.717) is 6.04 Å². The van der Waals surface area contributed by atoms with E-state index in [1.165, 1.54) is 5.56 Å². The highest BCUT2D eigenvalue weighted by molar-refractivity contribution is 8.00. The summed E-state index contributed by atoms with van der Waals surface area (Å²) < 4.78 is 0.217. The molecule has 1 heterocycles.